The molecule has 27 heavy (non-hydrogen) atoms. The summed E-state index contributed by atoms with van der Waals surface area (Å²) in [5.41, 5.74) is -0.991. The van der Waals surface area contributed by atoms with Gasteiger partial charge in [0.2, 0.25) is 10.0 Å². The van der Waals surface area contributed by atoms with Crippen LogP contribution < -0.4 is 14.2 Å². The molecule has 3 rings (SSSR count). The fraction of sp³-hybridized carbons (Fsp3) is 0.294. The van der Waals surface area contributed by atoms with Gasteiger partial charge in [-0.3, -0.25) is 0 Å². The van der Waals surface area contributed by atoms with E-state index in [-0.39, 0.29) is 24.5 Å². The minimum absolute atomic E-state index is 0.185. The Bertz CT molecular complexity index is 915. The molecular formula is C17H16F3NO5S. The van der Waals surface area contributed by atoms with Crippen molar-refractivity contribution in [3.63, 3.8) is 0 Å². The van der Waals surface area contributed by atoms with Crippen molar-refractivity contribution in [2.75, 3.05) is 13.2 Å². The normalized spacial score (nSPS) is 19.9. The van der Waals surface area contributed by atoms with Crippen LogP contribution in [0.5, 0.6) is 11.5 Å². The SMILES string of the molecule is O=S(=O)(NC[C@]1(O)CCOc2ccccc21)c1ccc(OC(F)(F)F)cc1. The van der Waals surface area contributed by atoms with Gasteiger partial charge >= 0.3 is 6.36 Å². The highest BCUT2D eigenvalue weighted by Crippen LogP contribution is 2.36. The molecule has 0 saturated carbocycles. The fourth-order valence-corrected chi connectivity index (χ4v) is 3.83. The van der Waals surface area contributed by atoms with Gasteiger partial charge < -0.3 is 14.6 Å². The Labute approximate surface area is 153 Å². The lowest BCUT2D eigenvalue weighted by atomic mass is 9.88. The molecule has 2 aromatic rings. The van der Waals surface area contributed by atoms with Gasteiger partial charge in [-0.25, -0.2) is 13.1 Å². The van der Waals surface area contributed by atoms with Crippen molar-refractivity contribution >= 4 is 10.0 Å². The molecule has 1 aliphatic heterocycles. The predicted octanol–water partition coefficient (Wildman–Crippen LogP) is 2.53. The number of fused-ring (bicyclic) bond motifs is 1. The minimum Gasteiger partial charge on any atom is -0.493 e. The van der Waals surface area contributed by atoms with Gasteiger partial charge in [0, 0.05) is 18.5 Å². The average molecular weight is 403 g/mol. The van der Waals surface area contributed by atoms with E-state index < -0.39 is 27.7 Å². The van der Waals surface area contributed by atoms with Crippen LogP contribution in [0.3, 0.4) is 0 Å². The zero-order chi connectivity index (χ0) is 19.7. The largest absolute Gasteiger partial charge is 0.573 e. The third kappa shape index (κ3) is 4.52. The topological polar surface area (TPSA) is 84.9 Å². The van der Waals surface area contributed by atoms with E-state index in [9.17, 15) is 26.7 Å². The maximum absolute atomic E-state index is 12.4. The zero-order valence-electron chi connectivity index (χ0n) is 13.9. The molecule has 10 heteroatoms. The van der Waals surface area contributed by atoms with Crippen molar-refractivity contribution in [1.29, 1.82) is 0 Å². The highest BCUT2D eigenvalue weighted by atomic mass is 32.2. The molecular weight excluding hydrogens is 387 g/mol. The first-order chi connectivity index (χ1) is 12.6. The molecule has 1 atom stereocenters. The number of ether oxygens (including phenoxy) is 2. The third-order valence-corrected chi connectivity index (χ3v) is 5.50. The Hall–Kier alpha value is -2.30. The molecule has 0 fully saturated rings. The highest BCUT2D eigenvalue weighted by molar-refractivity contribution is 7.89. The Balaban J connectivity index is 1.74. The van der Waals surface area contributed by atoms with Crippen LogP contribution in [-0.4, -0.2) is 33.0 Å². The van der Waals surface area contributed by atoms with E-state index in [1.54, 1.807) is 24.3 Å². The number of hydrogen-bond donors (Lipinski definition) is 2. The van der Waals surface area contributed by atoms with Crippen molar-refractivity contribution < 1.29 is 36.2 Å². The van der Waals surface area contributed by atoms with Crippen LogP contribution in [0.4, 0.5) is 13.2 Å². The van der Waals surface area contributed by atoms with Crippen molar-refractivity contribution in [3.05, 3.63) is 54.1 Å². The molecule has 6 nitrogen and oxygen atoms in total. The van der Waals surface area contributed by atoms with E-state index in [0.717, 1.165) is 24.3 Å². The summed E-state index contributed by atoms with van der Waals surface area (Å²) in [5, 5.41) is 10.9. The Morgan fingerprint density at radius 1 is 1.15 bits per heavy atom. The van der Waals surface area contributed by atoms with Crippen molar-refractivity contribution in [1.82, 2.24) is 4.72 Å². The molecule has 0 bridgehead atoms. The number of benzene rings is 2. The van der Waals surface area contributed by atoms with Crippen molar-refractivity contribution in [2.45, 2.75) is 23.3 Å². The van der Waals surface area contributed by atoms with Crippen LogP contribution in [0.15, 0.2) is 53.4 Å². The van der Waals surface area contributed by atoms with E-state index in [4.69, 9.17) is 4.74 Å². The first-order valence-corrected chi connectivity index (χ1v) is 9.38. The zero-order valence-corrected chi connectivity index (χ0v) is 14.7. The van der Waals surface area contributed by atoms with Gasteiger partial charge in [-0.15, -0.1) is 13.2 Å². The second-order valence-corrected chi connectivity index (χ2v) is 7.74. The molecule has 146 valence electrons. The van der Waals surface area contributed by atoms with Gasteiger partial charge in [0.15, 0.2) is 0 Å². The number of para-hydroxylation sites is 1. The highest BCUT2D eigenvalue weighted by Gasteiger charge is 2.37. The minimum atomic E-state index is -4.86. The molecule has 0 saturated heterocycles. The van der Waals surface area contributed by atoms with Gasteiger partial charge in [-0.1, -0.05) is 18.2 Å². The smallest absolute Gasteiger partial charge is 0.493 e. The van der Waals surface area contributed by atoms with Crippen LogP contribution in [-0.2, 0) is 15.6 Å². The molecule has 2 aromatic carbocycles. The van der Waals surface area contributed by atoms with Crippen LogP contribution in [0.1, 0.15) is 12.0 Å². The molecule has 1 heterocycles. The molecule has 1 aliphatic rings. The number of rotatable bonds is 5. The van der Waals surface area contributed by atoms with E-state index >= 15 is 0 Å². The maximum atomic E-state index is 12.4. The monoisotopic (exact) mass is 403 g/mol. The first kappa shape index (κ1) is 19.5. The van der Waals surface area contributed by atoms with E-state index in [1.807, 2.05) is 0 Å². The van der Waals surface area contributed by atoms with E-state index in [1.165, 1.54) is 0 Å². The fourth-order valence-electron chi connectivity index (χ4n) is 2.74. The van der Waals surface area contributed by atoms with Crippen molar-refractivity contribution in [2.24, 2.45) is 0 Å². The second-order valence-electron chi connectivity index (χ2n) is 5.97. The van der Waals surface area contributed by atoms with Crippen LogP contribution in [0.25, 0.3) is 0 Å². The summed E-state index contributed by atoms with van der Waals surface area (Å²) in [5.74, 6) is -0.0578. The number of hydrogen-bond acceptors (Lipinski definition) is 5. The molecule has 0 aromatic heterocycles. The lowest BCUT2D eigenvalue weighted by molar-refractivity contribution is -0.274. The van der Waals surface area contributed by atoms with Gasteiger partial charge in [0.25, 0.3) is 0 Å². The van der Waals surface area contributed by atoms with E-state index in [2.05, 4.69) is 9.46 Å². The first-order valence-electron chi connectivity index (χ1n) is 7.89. The predicted molar refractivity (Wildman–Crippen MR) is 88.8 cm³/mol. The quantitative estimate of drug-likeness (QED) is 0.802. The number of halogens is 3. The summed E-state index contributed by atoms with van der Waals surface area (Å²) in [6, 6.07) is 10.5. The summed E-state index contributed by atoms with van der Waals surface area (Å²) in [6.45, 7) is -0.0881. The standard InChI is InChI=1S/C17H16F3NO5S/c18-17(19,20)26-12-5-7-13(8-6-12)27(23,24)21-11-16(22)9-10-25-15-4-2-1-3-14(15)16/h1-8,21-22H,9-11H2/t16-/m1/s1. The summed E-state index contributed by atoms with van der Waals surface area (Å²) >= 11 is 0. The number of aliphatic hydroxyl groups is 1. The summed E-state index contributed by atoms with van der Waals surface area (Å²) in [6.07, 6.45) is -4.68. The molecule has 0 aliphatic carbocycles. The van der Waals surface area contributed by atoms with Crippen LogP contribution >= 0.6 is 0 Å². The van der Waals surface area contributed by atoms with Gasteiger partial charge in [0.05, 0.1) is 11.5 Å². The van der Waals surface area contributed by atoms with E-state index in [0.29, 0.717) is 11.3 Å². The van der Waals surface area contributed by atoms with Crippen molar-refractivity contribution in [3.8, 4) is 11.5 Å². The lowest BCUT2D eigenvalue weighted by Crippen LogP contribution is -2.43. The number of nitrogens with one attached hydrogen (secondary N) is 1. The Morgan fingerprint density at radius 3 is 2.48 bits per heavy atom. The molecule has 0 radical (unpaired) electrons. The number of sulfonamides is 1. The average Bonchev–Trinajstić information content (AvgIpc) is 2.60. The van der Waals surface area contributed by atoms with Crippen LogP contribution in [0, 0.1) is 0 Å². The Morgan fingerprint density at radius 2 is 1.81 bits per heavy atom. The van der Waals surface area contributed by atoms with Gasteiger partial charge in [-0.05, 0) is 30.3 Å². The van der Waals surface area contributed by atoms with Gasteiger partial charge in [-0.2, -0.15) is 0 Å². The lowest BCUT2D eigenvalue weighted by Gasteiger charge is -2.34. The number of alkyl halides is 3. The maximum Gasteiger partial charge on any atom is 0.573 e. The molecule has 0 unspecified atom stereocenters. The molecule has 2 N–H and O–H groups in total. The third-order valence-electron chi connectivity index (χ3n) is 4.08. The molecule has 0 amide bonds. The van der Waals surface area contributed by atoms with Crippen LogP contribution in [0.2, 0.25) is 0 Å². The summed E-state index contributed by atoms with van der Waals surface area (Å²) in [7, 11) is -4.05. The van der Waals surface area contributed by atoms with Gasteiger partial charge in [0.1, 0.15) is 17.1 Å². The Kier molecular flexibility index (Phi) is 5.06. The second kappa shape index (κ2) is 7.02. The molecule has 0 spiro atoms. The summed E-state index contributed by atoms with van der Waals surface area (Å²) < 4.78 is 72.8. The summed E-state index contributed by atoms with van der Waals surface area (Å²) in [4.78, 5) is -0.249.